The lowest BCUT2D eigenvalue weighted by atomic mass is 10.2. The van der Waals surface area contributed by atoms with Crippen molar-refractivity contribution in [1.29, 1.82) is 0 Å². The molecule has 0 heterocycles. The lowest BCUT2D eigenvalue weighted by molar-refractivity contribution is 1.14. The van der Waals surface area contributed by atoms with Gasteiger partial charge in [-0.2, -0.15) is 0 Å². The third kappa shape index (κ3) is 3.71. The fourth-order valence-electron chi connectivity index (χ4n) is 1.56. The van der Waals surface area contributed by atoms with Crippen molar-refractivity contribution in [3.8, 4) is 0 Å². The summed E-state index contributed by atoms with van der Waals surface area (Å²) in [4.78, 5) is 0. The fourth-order valence-corrected chi connectivity index (χ4v) is 2.74. The summed E-state index contributed by atoms with van der Waals surface area (Å²) in [5.74, 6) is 0. The average molecular weight is 481 g/mol. The summed E-state index contributed by atoms with van der Waals surface area (Å²) in [6.07, 6.45) is 0. The van der Waals surface area contributed by atoms with Gasteiger partial charge >= 0.3 is 0 Å². The zero-order valence-corrected chi connectivity index (χ0v) is 15.1. The highest BCUT2D eigenvalue weighted by atomic mass is 127. The number of aryl methyl sites for hydroxylation is 1. The molecule has 1 nitrogen and oxygen atoms in total. The highest BCUT2D eigenvalue weighted by molar-refractivity contribution is 14.1. The second-order valence-corrected chi connectivity index (χ2v) is 6.94. The Morgan fingerprint density at radius 1 is 1.06 bits per heavy atom. The molecule has 0 radical (unpaired) electrons. The van der Waals surface area contributed by atoms with Gasteiger partial charge in [0, 0.05) is 24.7 Å². The summed E-state index contributed by atoms with van der Waals surface area (Å²) in [5.41, 5.74) is 3.72. The Kier molecular flexibility index (Phi) is 5.09. The van der Waals surface area contributed by atoms with Crippen LogP contribution in [0, 0.1) is 10.5 Å². The van der Waals surface area contributed by atoms with Gasteiger partial charge in [0.25, 0.3) is 0 Å². The minimum atomic E-state index is 0.824. The van der Waals surface area contributed by atoms with Crippen molar-refractivity contribution in [1.82, 2.24) is 0 Å². The monoisotopic (exact) mass is 479 g/mol. The summed E-state index contributed by atoms with van der Waals surface area (Å²) in [6, 6.07) is 12.7. The summed E-state index contributed by atoms with van der Waals surface area (Å²) >= 11 is 9.35. The molecular formula is C14H12Br2IN. The number of hydrogen-bond acceptors (Lipinski definition) is 1. The Balaban J connectivity index is 2.06. The highest BCUT2D eigenvalue weighted by Gasteiger charge is 2.00. The van der Waals surface area contributed by atoms with Gasteiger partial charge < -0.3 is 5.32 Å². The molecule has 0 bridgehead atoms. The largest absolute Gasteiger partial charge is 0.381 e. The molecule has 0 aromatic heterocycles. The first-order chi connectivity index (χ1) is 8.56. The standard InChI is InChI=1S/C14H12Br2IN/c1-9-2-4-11(7-14(9)17)18-8-10-3-5-12(15)13(16)6-10/h2-7,18H,8H2,1H3. The van der Waals surface area contributed by atoms with E-state index in [1.54, 1.807) is 0 Å². The van der Waals surface area contributed by atoms with Crippen LogP contribution in [0.15, 0.2) is 45.3 Å². The van der Waals surface area contributed by atoms with Crippen molar-refractivity contribution in [3.05, 3.63) is 60.0 Å². The maximum Gasteiger partial charge on any atom is 0.0401 e. The van der Waals surface area contributed by atoms with E-state index in [1.165, 1.54) is 14.7 Å². The minimum Gasteiger partial charge on any atom is -0.381 e. The number of anilines is 1. The Labute approximate surface area is 138 Å². The van der Waals surface area contributed by atoms with Crippen LogP contribution in [0.5, 0.6) is 0 Å². The van der Waals surface area contributed by atoms with Crippen LogP contribution in [0.25, 0.3) is 0 Å². The van der Waals surface area contributed by atoms with E-state index in [0.29, 0.717) is 0 Å². The first-order valence-corrected chi connectivity index (χ1v) is 8.16. The lowest BCUT2D eigenvalue weighted by Crippen LogP contribution is -2.00. The molecule has 18 heavy (non-hydrogen) atoms. The van der Waals surface area contributed by atoms with Gasteiger partial charge in [-0.3, -0.25) is 0 Å². The molecule has 1 N–H and O–H groups in total. The first-order valence-electron chi connectivity index (χ1n) is 5.50. The third-order valence-electron chi connectivity index (χ3n) is 2.65. The second kappa shape index (κ2) is 6.39. The molecule has 0 aliphatic carbocycles. The molecule has 0 atom stereocenters. The molecule has 94 valence electrons. The quantitative estimate of drug-likeness (QED) is 0.553. The molecule has 0 saturated heterocycles. The van der Waals surface area contributed by atoms with Gasteiger partial charge in [-0.05, 0) is 96.8 Å². The molecule has 0 amide bonds. The summed E-state index contributed by atoms with van der Waals surface area (Å²) in [7, 11) is 0. The van der Waals surface area contributed by atoms with E-state index < -0.39 is 0 Å². The van der Waals surface area contributed by atoms with Gasteiger partial charge in [0.05, 0.1) is 0 Å². The van der Waals surface area contributed by atoms with E-state index in [9.17, 15) is 0 Å². The number of benzene rings is 2. The molecule has 0 aliphatic heterocycles. The van der Waals surface area contributed by atoms with Crippen LogP contribution in [0.2, 0.25) is 0 Å². The Hall–Kier alpha value is -0.0700. The molecule has 0 aliphatic rings. The van der Waals surface area contributed by atoms with E-state index in [-0.39, 0.29) is 0 Å². The number of halogens is 3. The molecule has 2 aromatic carbocycles. The van der Waals surface area contributed by atoms with Crippen LogP contribution < -0.4 is 5.32 Å². The molecule has 0 saturated carbocycles. The van der Waals surface area contributed by atoms with E-state index in [4.69, 9.17) is 0 Å². The Morgan fingerprint density at radius 2 is 1.83 bits per heavy atom. The lowest BCUT2D eigenvalue weighted by Gasteiger charge is -2.09. The molecule has 0 fully saturated rings. The number of rotatable bonds is 3. The van der Waals surface area contributed by atoms with Crippen molar-refractivity contribution in [2.45, 2.75) is 13.5 Å². The normalized spacial score (nSPS) is 10.4. The van der Waals surface area contributed by atoms with Crippen LogP contribution in [-0.4, -0.2) is 0 Å². The van der Waals surface area contributed by atoms with Crippen LogP contribution >= 0.6 is 54.5 Å². The van der Waals surface area contributed by atoms with Gasteiger partial charge in [0.1, 0.15) is 0 Å². The average Bonchev–Trinajstić information content (AvgIpc) is 2.35. The van der Waals surface area contributed by atoms with Gasteiger partial charge in [0.15, 0.2) is 0 Å². The zero-order valence-electron chi connectivity index (χ0n) is 9.81. The second-order valence-electron chi connectivity index (χ2n) is 4.07. The van der Waals surface area contributed by atoms with Gasteiger partial charge in [0.2, 0.25) is 0 Å². The van der Waals surface area contributed by atoms with Crippen LogP contribution in [0.4, 0.5) is 5.69 Å². The highest BCUT2D eigenvalue weighted by Crippen LogP contribution is 2.24. The van der Waals surface area contributed by atoms with Gasteiger partial charge in [-0.1, -0.05) is 12.1 Å². The maximum absolute atomic E-state index is 3.52. The number of nitrogens with one attached hydrogen (secondary N) is 1. The smallest absolute Gasteiger partial charge is 0.0401 e. The Morgan fingerprint density at radius 3 is 2.50 bits per heavy atom. The number of hydrogen-bond donors (Lipinski definition) is 1. The zero-order chi connectivity index (χ0) is 13.1. The SMILES string of the molecule is Cc1ccc(NCc2ccc(Br)c(Br)c2)cc1I. The van der Waals surface area contributed by atoms with E-state index >= 15 is 0 Å². The molecule has 0 spiro atoms. The van der Waals surface area contributed by atoms with Crippen molar-refractivity contribution in [2.75, 3.05) is 5.32 Å². The predicted octanol–water partition coefficient (Wildman–Crippen LogP) is 5.74. The molecular weight excluding hydrogens is 469 g/mol. The fraction of sp³-hybridized carbons (Fsp3) is 0.143. The molecule has 2 rings (SSSR count). The first kappa shape index (κ1) is 14.3. The van der Waals surface area contributed by atoms with Crippen LogP contribution in [0.3, 0.4) is 0 Å². The molecule has 0 unspecified atom stereocenters. The summed E-state index contributed by atoms with van der Waals surface area (Å²) in [6.45, 7) is 2.95. The molecule has 4 heteroatoms. The van der Waals surface area contributed by atoms with Crippen molar-refractivity contribution in [3.63, 3.8) is 0 Å². The van der Waals surface area contributed by atoms with E-state index in [0.717, 1.165) is 21.2 Å². The van der Waals surface area contributed by atoms with Crippen LogP contribution in [0.1, 0.15) is 11.1 Å². The van der Waals surface area contributed by atoms with Crippen molar-refractivity contribution < 1.29 is 0 Å². The van der Waals surface area contributed by atoms with Gasteiger partial charge in [-0.15, -0.1) is 0 Å². The maximum atomic E-state index is 3.52. The topological polar surface area (TPSA) is 12.0 Å². The summed E-state index contributed by atoms with van der Waals surface area (Å²) < 4.78 is 3.45. The van der Waals surface area contributed by atoms with E-state index in [1.807, 2.05) is 0 Å². The van der Waals surface area contributed by atoms with Gasteiger partial charge in [-0.25, -0.2) is 0 Å². The minimum absolute atomic E-state index is 0.824. The Bertz CT molecular complexity index is 518. The molecule has 2 aromatic rings. The van der Waals surface area contributed by atoms with Crippen molar-refractivity contribution >= 4 is 60.1 Å². The third-order valence-corrected chi connectivity index (χ3v) is 5.69. The van der Waals surface area contributed by atoms with Crippen molar-refractivity contribution in [2.24, 2.45) is 0 Å². The predicted molar refractivity (Wildman–Crippen MR) is 93.1 cm³/mol. The summed E-state index contributed by atoms with van der Waals surface area (Å²) in [5, 5.41) is 3.43. The van der Waals surface area contributed by atoms with E-state index in [2.05, 4.69) is 103 Å². The van der Waals surface area contributed by atoms with Crippen LogP contribution in [-0.2, 0) is 6.54 Å².